The number of hydrogen-bond acceptors (Lipinski definition) is 6. The largest absolute Gasteiger partial charge is 0.497 e. The monoisotopic (exact) mass is 441 g/mol. The molecule has 1 fully saturated rings. The molecule has 1 aliphatic heterocycles. The molecular weight excluding hydrogens is 417 g/mol. The van der Waals surface area contributed by atoms with Crippen molar-refractivity contribution in [3.63, 3.8) is 0 Å². The number of rotatable bonds is 7. The second-order valence-electron chi connectivity index (χ2n) is 7.23. The summed E-state index contributed by atoms with van der Waals surface area (Å²) in [5.74, 6) is -0.437. The Morgan fingerprint density at radius 3 is 2.45 bits per heavy atom. The Kier molecular flexibility index (Phi) is 6.30. The molecule has 0 radical (unpaired) electrons. The lowest BCUT2D eigenvalue weighted by Crippen LogP contribution is -2.44. The molecule has 3 rings (SSSR count). The van der Waals surface area contributed by atoms with Gasteiger partial charge in [0, 0.05) is 6.04 Å². The molecule has 0 bridgehead atoms. The van der Waals surface area contributed by atoms with Crippen LogP contribution in [-0.4, -0.2) is 53.3 Å². The summed E-state index contributed by atoms with van der Waals surface area (Å²) in [6.45, 7) is 1.91. The quantitative estimate of drug-likeness (QED) is 0.661. The maximum absolute atomic E-state index is 13.5. The van der Waals surface area contributed by atoms with Gasteiger partial charge < -0.3 is 10.1 Å². The smallest absolute Gasteiger partial charge is 0.183 e. The third-order valence-corrected chi connectivity index (χ3v) is 9.28. The average Bonchev–Trinajstić information content (AvgIpc) is 2.99. The van der Waals surface area contributed by atoms with Gasteiger partial charge in [-0.05, 0) is 61.3 Å². The average molecular weight is 442 g/mol. The van der Waals surface area contributed by atoms with Crippen LogP contribution in [0, 0.1) is 12.7 Å². The van der Waals surface area contributed by atoms with Crippen molar-refractivity contribution in [1.29, 1.82) is 0 Å². The van der Waals surface area contributed by atoms with Gasteiger partial charge in [-0.15, -0.1) is 0 Å². The first kappa shape index (κ1) is 21.7. The second-order valence-corrected chi connectivity index (χ2v) is 11.6. The van der Waals surface area contributed by atoms with Crippen molar-refractivity contribution in [2.24, 2.45) is 0 Å². The van der Waals surface area contributed by atoms with E-state index >= 15 is 0 Å². The van der Waals surface area contributed by atoms with E-state index in [4.69, 9.17) is 4.74 Å². The molecule has 0 unspecified atom stereocenters. The van der Waals surface area contributed by atoms with Gasteiger partial charge in [0.15, 0.2) is 19.7 Å². The van der Waals surface area contributed by atoms with Crippen molar-refractivity contribution in [3.05, 3.63) is 59.4 Å². The Labute approximate surface area is 170 Å². The van der Waals surface area contributed by atoms with Crippen LogP contribution in [0.4, 0.5) is 4.39 Å². The zero-order chi connectivity index (χ0) is 21.2. The first-order chi connectivity index (χ1) is 13.6. The van der Waals surface area contributed by atoms with Crippen molar-refractivity contribution in [2.75, 3.05) is 25.2 Å². The maximum atomic E-state index is 13.5. The van der Waals surface area contributed by atoms with Gasteiger partial charge in [0.2, 0.25) is 0 Å². The molecule has 1 N–H and O–H groups in total. The normalized spacial score (nSPS) is 21.2. The molecule has 2 atom stereocenters. The van der Waals surface area contributed by atoms with Crippen LogP contribution in [0.2, 0.25) is 0 Å². The molecule has 29 heavy (non-hydrogen) atoms. The van der Waals surface area contributed by atoms with E-state index in [1.54, 1.807) is 7.11 Å². The van der Waals surface area contributed by atoms with Gasteiger partial charge in [0.25, 0.3) is 0 Å². The van der Waals surface area contributed by atoms with Gasteiger partial charge in [0.05, 0.1) is 28.8 Å². The Bertz CT molecular complexity index is 1080. The molecule has 158 valence electrons. The number of halogens is 1. The molecule has 9 heteroatoms. The Hall–Kier alpha value is -1.97. The molecule has 0 saturated carbocycles. The molecule has 1 saturated heterocycles. The first-order valence-corrected chi connectivity index (χ1v) is 12.6. The Morgan fingerprint density at radius 2 is 1.83 bits per heavy atom. The third-order valence-electron chi connectivity index (χ3n) is 5.14. The van der Waals surface area contributed by atoms with E-state index in [0.717, 1.165) is 17.4 Å². The summed E-state index contributed by atoms with van der Waals surface area (Å²) in [6, 6.07) is 10.3. The summed E-state index contributed by atoms with van der Waals surface area (Å²) in [5.41, 5.74) is 1.23. The van der Waals surface area contributed by atoms with Crippen molar-refractivity contribution < 1.29 is 26.0 Å². The molecule has 2 aromatic rings. The summed E-state index contributed by atoms with van der Waals surface area (Å²) in [5, 5.41) is 2.00. The fraction of sp³-hybridized carbons (Fsp3) is 0.400. The molecule has 0 amide bonds. The molecule has 0 spiro atoms. The number of hydrogen-bond donors (Lipinski definition) is 1. The molecule has 6 nitrogen and oxygen atoms in total. The number of ether oxygens (including phenoxy) is 1. The number of aryl methyl sites for hydroxylation is 1. The molecule has 1 heterocycles. The van der Waals surface area contributed by atoms with Gasteiger partial charge in [-0.25, -0.2) is 21.2 Å². The standard InChI is InChI=1S/C20H24FNO5S2/c1-14-11-17(7-8-18(14)21)29(25,26)20-13-28(23,24)12-19(20)22-10-9-15-3-5-16(27-2)6-4-15/h3-8,11,19-20,22H,9-10,12-13H2,1-2H3/t19-,20-/m0/s1. The minimum atomic E-state index is -3.93. The summed E-state index contributed by atoms with van der Waals surface area (Å²) in [6.07, 6.45) is 0.614. The first-order valence-electron chi connectivity index (χ1n) is 9.19. The molecule has 0 aliphatic carbocycles. The van der Waals surface area contributed by atoms with E-state index in [1.165, 1.54) is 19.1 Å². The molecule has 1 aliphatic rings. The van der Waals surface area contributed by atoms with Gasteiger partial charge >= 0.3 is 0 Å². The van der Waals surface area contributed by atoms with E-state index < -0.39 is 42.5 Å². The van der Waals surface area contributed by atoms with E-state index in [2.05, 4.69) is 5.32 Å². The van der Waals surface area contributed by atoms with Crippen molar-refractivity contribution in [1.82, 2.24) is 5.32 Å². The number of sulfone groups is 2. The van der Waals surface area contributed by atoms with Crippen LogP contribution < -0.4 is 10.1 Å². The zero-order valence-electron chi connectivity index (χ0n) is 16.3. The van der Waals surface area contributed by atoms with Crippen LogP contribution in [0.15, 0.2) is 47.4 Å². The second kappa shape index (κ2) is 8.41. The highest BCUT2D eigenvalue weighted by molar-refractivity contribution is 7.96. The van der Waals surface area contributed by atoms with Crippen molar-refractivity contribution in [3.8, 4) is 5.75 Å². The lowest BCUT2D eigenvalue weighted by Gasteiger charge is -2.20. The van der Waals surface area contributed by atoms with Crippen molar-refractivity contribution >= 4 is 19.7 Å². The van der Waals surface area contributed by atoms with Crippen LogP contribution in [0.25, 0.3) is 0 Å². The third kappa shape index (κ3) is 4.96. The summed E-state index contributed by atoms with van der Waals surface area (Å²) in [7, 11) is -5.83. The predicted octanol–water partition coefficient (Wildman–Crippen LogP) is 1.91. The van der Waals surface area contributed by atoms with Gasteiger partial charge in [-0.1, -0.05) is 12.1 Å². The highest BCUT2D eigenvalue weighted by Crippen LogP contribution is 2.27. The lowest BCUT2D eigenvalue weighted by atomic mass is 10.1. The van der Waals surface area contributed by atoms with Crippen LogP contribution in [0.1, 0.15) is 11.1 Å². The number of methoxy groups -OCH3 is 1. The maximum Gasteiger partial charge on any atom is 0.183 e. The summed E-state index contributed by atoms with van der Waals surface area (Å²) >= 11 is 0. The van der Waals surface area contributed by atoms with E-state index in [0.29, 0.717) is 13.0 Å². The van der Waals surface area contributed by atoms with Crippen LogP contribution >= 0.6 is 0 Å². The minimum absolute atomic E-state index is 0.0551. The van der Waals surface area contributed by atoms with Gasteiger partial charge in [-0.3, -0.25) is 0 Å². The van der Waals surface area contributed by atoms with Crippen LogP contribution in [0.3, 0.4) is 0 Å². The summed E-state index contributed by atoms with van der Waals surface area (Å²) in [4.78, 5) is -0.0551. The Morgan fingerprint density at radius 1 is 1.14 bits per heavy atom. The topological polar surface area (TPSA) is 89.5 Å². The fourth-order valence-electron chi connectivity index (χ4n) is 3.47. The molecule has 0 aromatic heterocycles. The summed E-state index contributed by atoms with van der Waals surface area (Å²) < 4.78 is 69.1. The number of benzene rings is 2. The van der Waals surface area contributed by atoms with Crippen LogP contribution in [0.5, 0.6) is 5.75 Å². The zero-order valence-corrected chi connectivity index (χ0v) is 17.9. The highest BCUT2D eigenvalue weighted by Gasteiger charge is 2.45. The molecule has 2 aromatic carbocycles. The van der Waals surface area contributed by atoms with Gasteiger partial charge in [0.1, 0.15) is 11.6 Å². The SMILES string of the molecule is COc1ccc(CCN[C@H]2CS(=O)(=O)C[C@@H]2S(=O)(=O)c2ccc(F)c(C)c2)cc1. The van der Waals surface area contributed by atoms with Crippen molar-refractivity contribution in [2.45, 2.75) is 29.5 Å². The predicted molar refractivity (Wildman–Crippen MR) is 109 cm³/mol. The van der Waals surface area contributed by atoms with E-state index in [9.17, 15) is 21.2 Å². The Balaban J connectivity index is 1.75. The van der Waals surface area contributed by atoms with E-state index in [-0.39, 0.29) is 16.2 Å². The number of nitrogens with one attached hydrogen (secondary N) is 1. The van der Waals surface area contributed by atoms with E-state index in [1.807, 2.05) is 24.3 Å². The van der Waals surface area contributed by atoms with Gasteiger partial charge in [-0.2, -0.15) is 0 Å². The minimum Gasteiger partial charge on any atom is -0.497 e. The van der Waals surface area contributed by atoms with Crippen LogP contribution in [-0.2, 0) is 26.1 Å². The lowest BCUT2D eigenvalue weighted by molar-refractivity contribution is 0.414. The highest BCUT2D eigenvalue weighted by atomic mass is 32.2. The fourth-order valence-corrected chi connectivity index (χ4v) is 8.27. The molecular formula is C20H24FNO5S2.